The Morgan fingerprint density at radius 2 is 2.11 bits per heavy atom. The first kappa shape index (κ1) is 13.1. The fourth-order valence-corrected chi connectivity index (χ4v) is 1.97. The van der Waals surface area contributed by atoms with Crippen molar-refractivity contribution in [2.75, 3.05) is 13.7 Å². The van der Waals surface area contributed by atoms with Gasteiger partial charge in [0.2, 0.25) is 0 Å². The van der Waals surface area contributed by atoms with E-state index in [4.69, 9.17) is 14.6 Å². The number of hydrogen-bond acceptors (Lipinski definition) is 4. The Balaban J connectivity index is 2.60. The van der Waals surface area contributed by atoms with Gasteiger partial charge in [-0.1, -0.05) is 0 Å². The van der Waals surface area contributed by atoms with Crippen molar-refractivity contribution in [1.29, 1.82) is 0 Å². The molecule has 0 amide bonds. The molecule has 1 N–H and O–H groups in total. The number of benzene rings is 1. The van der Waals surface area contributed by atoms with Gasteiger partial charge in [-0.3, -0.25) is 9.78 Å². The fourth-order valence-electron chi connectivity index (χ4n) is 1.97. The minimum Gasteiger partial charge on any atom is -0.493 e. The summed E-state index contributed by atoms with van der Waals surface area (Å²) in [7, 11) is 1.57. The lowest BCUT2D eigenvalue weighted by atomic mass is 10.0. The molecule has 1 heterocycles. The third-order valence-electron chi connectivity index (χ3n) is 2.77. The molecule has 0 aliphatic heterocycles. The molecule has 5 nitrogen and oxygen atoms in total. The molecule has 100 valence electrons. The summed E-state index contributed by atoms with van der Waals surface area (Å²) in [5.41, 5.74) is 0.661. The van der Waals surface area contributed by atoms with Gasteiger partial charge in [-0.2, -0.15) is 0 Å². The van der Waals surface area contributed by atoms with Crippen LogP contribution in [-0.4, -0.2) is 29.8 Å². The summed E-state index contributed by atoms with van der Waals surface area (Å²) in [6, 6.07) is 3.61. The molecule has 0 saturated heterocycles. The van der Waals surface area contributed by atoms with E-state index in [9.17, 15) is 4.79 Å². The lowest BCUT2D eigenvalue weighted by Gasteiger charge is -2.12. The number of aromatic nitrogens is 1. The van der Waals surface area contributed by atoms with Crippen LogP contribution in [0.1, 0.15) is 12.5 Å². The zero-order chi connectivity index (χ0) is 13.8. The highest BCUT2D eigenvalue weighted by molar-refractivity contribution is 5.90. The third-order valence-corrected chi connectivity index (χ3v) is 2.77. The molecule has 0 aliphatic rings. The van der Waals surface area contributed by atoms with Gasteiger partial charge in [0.1, 0.15) is 0 Å². The molecule has 5 heteroatoms. The van der Waals surface area contributed by atoms with Crippen molar-refractivity contribution < 1.29 is 19.4 Å². The van der Waals surface area contributed by atoms with Gasteiger partial charge >= 0.3 is 5.97 Å². The molecule has 0 aliphatic carbocycles. The van der Waals surface area contributed by atoms with E-state index >= 15 is 0 Å². The SMILES string of the molecule is CCOc1cc2c(CC(=O)O)cncc2cc1OC. The molecule has 0 bridgehead atoms. The van der Waals surface area contributed by atoms with Crippen molar-refractivity contribution in [3.8, 4) is 11.5 Å². The highest BCUT2D eigenvalue weighted by Gasteiger charge is 2.11. The van der Waals surface area contributed by atoms with E-state index in [1.54, 1.807) is 31.6 Å². The number of rotatable bonds is 5. The molecule has 0 fully saturated rings. The van der Waals surface area contributed by atoms with E-state index in [0.29, 0.717) is 23.7 Å². The summed E-state index contributed by atoms with van der Waals surface area (Å²) in [6.07, 6.45) is 3.18. The van der Waals surface area contributed by atoms with Crippen LogP contribution >= 0.6 is 0 Å². The van der Waals surface area contributed by atoms with Crippen LogP contribution in [0.15, 0.2) is 24.5 Å². The number of nitrogens with zero attached hydrogens (tertiary/aromatic N) is 1. The number of methoxy groups -OCH3 is 1. The van der Waals surface area contributed by atoms with Crippen molar-refractivity contribution >= 4 is 16.7 Å². The van der Waals surface area contributed by atoms with Crippen LogP contribution in [0.5, 0.6) is 11.5 Å². The maximum Gasteiger partial charge on any atom is 0.307 e. The lowest BCUT2D eigenvalue weighted by Crippen LogP contribution is -2.02. The molecule has 0 spiro atoms. The number of hydrogen-bond donors (Lipinski definition) is 1. The van der Waals surface area contributed by atoms with Crippen molar-refractivity contribution in [2.24, 2.45) is 0 Å². The fraction of sp³-hybridized carbons (Fsp3) is 0.286. The van der Waals surface area contributed by atoms with Gasteiger partial charge in [-0.05, 0) is 30.0 Å². The van der Waals surface area contributed by atoms with Crippen LogP contribution in [0.2, 0.25) is 0 Å². The zero-order valence-corrected chi connectivity index (χ0v) is 10.8. The molecule has 1 aromatic heterocycles. The van der Waals surface area contributed by atoms with Crippen LogP contribution in [-0.2, 0) is 11.2 Å². The minimum absolute atomic E-state index is 0.0672. The van der Waals surface area contributed by atoms with E-state index < -0.39 is 5.97 Å². The highest BCUT2D eigenvalue weighted by atomic mass is 16.5. The van der Waals surface area contributed by atoms with Crippen LogP contribution < -0.4 is 9.47 Å². The molecule has 1 aromatic carbocycles. The zero-order valence-electron chi connectivity index (χ0n) is 10.8. The van der Waals surface area contributed by atoms with Gasteiger partial charge in [-0.15, -0.1) is 0 Å². The molecule has 0 atom stereocenters. The molecule has 0 unspecified atom stereocenters. The normalized spacial score (nSPS) is 10.4. The Hall–Kier alpha value is -2.30. The summed E-state index contributed by atoms with van der Waals surface area (Å²) in [4.78, 5) is 14.9. The van der Waals surface area contributed by atoms with E-state index in [-0.39, 0.29) is 6.42 Å². The number of fused-ring (bicyclic) bond motifs is 1. The number of carbonyl (C=O) groups is 1. The maximum absolute atomic E-state index is 10.9. The molecular weight excluding hydrogens is 246 g/mol. The quantitative estimate of drug-likeness (QED) is 0.894. The van der Waals surface area contributed by atoms with Gasteiger partial charge in [0, 0.05) is 17.8 Å². The first-order valence-corrected chi connectivity index (χ1v) is 5.95. The summed E-state index contributed by atoms with van der Waals surface area (Å²) in [5, 5.41) is 10.6. The molecule has 0 saturated carbocycles. The third kappa shape index (κ3) is 2.76. The summed E-state index contributed by atoms with van der Waals surface area (Å²) in [6.45, 7) is 2.40. The van der Waals surface area contributed by atoms with Crippen LogP contribution in [0.4, 0.5) is 0 Å². The summed E-state index contributed by atoms with van der Waals surface area (Å²) < 4.78 is 10.8. The van der Waals surface area contributed by atoms with Gasteiger partial charge in [0.05, 0.1) is 20.1 Å². The second-order valence-corrected chi connectivity index (χ2v) is 4.03. The number of pyridine rings is 1. The van der Waals surface area contributed by atoms with Gasteiger partial charge in [0.25, 0.3) is 0 Å². The standard InChI is InChI=1S/C14H15NO4/c1-3-19-13-6-11-9(4-12(13)18-2)7-15-8-10(11)5-14(16)17/h4,6-8H,3,5H2,1-2H3,(H,16,17). The van der Waals surface area contributed by atoms with Gasteiger partial charge in [-0.25, -0.2) is 0 Å². The molecular formula is C14H15NO4. The Morgan fingerprint density at radius 1 is 1.32 bits per heavy atom. The smallest absolute Gasteiger partial charge is 0.307 e. The molecule has 2 aromatic rings. The molecule has 0 radical (unpaired) electrons. The molecule has 2 rings (SSSR count). The Kier molecular flexibility index (Phi) is 3.85. The Labute approximate surface area is 110 Å². The number of carboxylic acids is 1. The van der Waals surface area contributed by atoms with E-state index in [2.05, 4.69) is 4.98 Å². The highest BCUT2D eigenvalue weighted by Crippen LogP contribution is 2.33. The average Bonchev–Trinajstić information content (AvgIpc) is 2.38. The number of carboxylic acid groups (broad SMARTS) is 1. The first-order valence-electron chi connectivity index (χ1n) is 5.95. The number of ether oxygens (including phenoxy) is 2. The van der Waals surface area contributed by atoms with Crippen LogP contribution in [0, 0.1) is 0 Å². The first-order chi connectivity index (χ1) is 9.15. The van der Waals surface area contributed by atoms with Crippen molar-refractivity contribution in [2.45, 2.75) is 13.3 Å². The minimum atomic E-state index is -0.886. The second kappa shape index (κ2) is 5.56. The Bertz CT molecular complexity index is 610. The summed E-state index contributed by atoms with van der Waals surface area (Å²) in [5.74, 6) is 0.335. The lowest BCUT2D eigenvalue weighted by molar-refractivity contribution is -0.136. The predicted molar refractivity (Wildman–Crippen MR) is 70.8 cm³/mol. The van der Waals surface area contributed by atoms with Crippen LogP contribution in [0.3, 0.4) is 0 Å². The second-order valence-electron chi connectivity index (χ2n) is 4.03. The van der Waals surface area contributed by atoms with Crippen molar-refractivity contribution in [3.05, 3.63) is 30.1 Å². The van der Waals surface area contributed by atoms with E-state index in [0.717, 1.165) is 10.8 Å². The van der Waals surface area contributed by atoms with E-state index in [1.165, 1.54) is 0 Å². The van der Waals surface area contributed by atoms with E-state index in [1.807, 2.05) is 6.92 Å². The summed E-state index contributed by atoms with van der Waals surface area (Å²) >= 11 is 0. The predicted octanol–water partition coefficient (Wildman–Crippen LogP) is 2.27. The van der Waals surface area contributed by atoms with Gasteiger partial charge < -0.3 is 14.6 Å². The van der Waals surface area contributed by atoms with Crippen molar-refractivity contribution in [1.82, 2.24) is 4.98 Å². The topological polar surface area (TPSA) is 68.7 Å². The number of aliphatic carboxylic acids is 1. The Morgan fingerprint density at radius 3 is 2.74 bits per heavy atom. The average molecular weight is 261 g/mol. The molecule has 19 heavy (non-hydrogen) atoms. The van der Waals surface area contributed by atoms with Gasteiger partial charge in [0.15, 0.2) is 11.5 Å². The van der Waals surface area contributed by atoms with Crippen molar-refractivity contribution in [3.63, 3.8) is 0 Å². The largest absolute Gasteiger partial charge is 0.493 e. The maximum atomic E-state index is 10.9. The van der Waals surface area contributed by atoms with Crippen LogP contribution in [0.25, 0.3) is 10.8 Å². The monoisotopic (exact) mass is 261 g/mol.